The van der Waals surface area contributed by atoms with Gasteiger partial charge in [0.25, 0.3) is 0 Å². The smallest absolute Gasteiger partial charge is 0.247 e. The topological polar surface area (TPSA) is 86.3 Å². The third-order valence-corrected chi connectivity index (χ3v) is 5.84. The van der Waals surface area contributed by atoms with Gasteiger partial charge < -0.3 is 10.2 Å². The minimum absolute atomic E-state index is 0.0495. The molecule has 0 bridgehead atoms. The summed E-state index contributed by atoms with van der Waals surface area (Å²) < 4.78 is 1.84. The lowest BCUT2D eigenvalue weighted by atomic mass is 9.97. The lowest BCUT2D eigenvalue weighted by Gasteiger charge is -2.32. The molecule has 8 nitrogen and oxygen atoms in total. The van der Waals surface area contributed by atoms with Gasteiger partial charge in [0, 0.05) is 26.4 Å². The highest BCUT2D eigenvalue weighted by Crippen LogP contribution is 2.27. The largest absolute Gasteiger partial charge is 0.390 e. The van der Waals surface area contributed by atoms with Crippen molar-refractivity contribution in [1.82, 2.24) is 20.3 Å². The lowest BCUT2D eigenvalue weighted by molar-refractivity contribution is -0.123. The molecule has 0 spiro atoms. The number of amides is 2. The van der Waals surface area contributed by atoms with E-state index in [-0.39, 0.29) is 17.9 Å². The molecule has 0 saturated carbocycles. The van der Waals surface area contributed by atoms with E-state index >= 15 is 0 Å². The normalized spacial score (nSPS) is 23.0. The Morgan fingerprint density at radius 2 is 2.14 bits per heavy atom. The Hall–Kier alpha value is -2.36. The maximum absolute atomic E-state index is 11.4. The van der Waals surface area contributed by atoms with E-state index < -0.39 is 0 Å². The molecule has 2 amide bonds. The van der Waals surface area contributed by atoms with E-state index in [0.717, 1.165) is 30.8 Å². The highest BCUT2D eigenvalue weighted by molar-refractivity contribution is 7.98. The number of hydrazine groups is 2. The molecule has 1 fully saturated rings. The molecule has 0 aliphatic carbocycles. The van der Waals surface area contributed by atoms with Gasteiger partial charge in [-0.25, -0.2) is 5.01 Å². The van der Waals surface area contributed by atoms with Gasteiger partial charge in [-0.3, -0.25) is 15.0 Å². The summed E-state index contributed by atoms with van der Waals surface area (Å²) in [6.45, 7) is 3.61. The van der Waals surface area contributed by atoms with Crippen molar-refractivity contribution < 1.29 is 14.4 Å². The Labute approximate surface area is 168 Å². The number of rotatable bonds is 5. The molecule has 3 heterocycles. The number of carbonyl (C=O) groups excluding carboxylic acids is 2. The second kappa shape index (κ2) is 8.34. The zero-order chi connectivity index (χ0) is 19.5. The summed E-state index contributed by atoms with van der Waals surface area (Å²) in [5.41, 5.74) is 7.31. The van der Waals surface area contributed by atoms with Crippen molar-refractivity contribution >= 4 is 35.0 Å². The summed E-state index contributed by atoms with van der Waals surface area (Å²) >= 11 is 1.50. The fourth-order valence-corrected chi connectivity index (χ4v) is 4.15. The van der Waals surface area contributed by atoms with Crippen molar-refractivity contribution in [3.05, 3.63) is 41.5 Å². The fraction of sp³-hybridized carbons (Fsp3) is 0.421. The minimum Gasteiger partial charge on any atom is -0.390 e. The van der Waals surface area contributed by atoms with Gasteiger partial charge in [0.2, 0.25) is 11.8 Å². The van der Waals surface area contributed by atoms with E-state index in [9.17, 15) is 9.59 Å². The molecular formula is C19H23N5O3S. The van der Waals surface area contributed by atoms with Gasteiger partial charge in [0.05, 0.1) is 18.0 Å². The van der Waals surface area contributed by atoms with Crippen molar-refractivity contribution in [2.75, 3.05) is 25.4 Å². The molecule has 1 atom stereocenters. The van der Waals surface area contributed by atoms with Crippen LogP contribution in [0.25, 0.3) is 5.57 Å². The second-order valence-electron chi connectivity index (χ2n) is 6.96. The standard InChI is InChI=1S/C19H23N5O3S/c1-13(25)20-11-17-10-18(22-27-17)16-4-2-14(3-5-16)15-6-8-23(9-7-15)24-21-19(26)12-28-24/h2-6,17H,7-12H2,1H3,(H,20,25)(H,21,26). The van der Waals surface area contributed by atoms with Crippen LogP contribution < -0.4 is 10.7 Å². The summed E-state index contributed by atoms with van der Waals surface area (Å²) in [5, 5.41) is 9.06. The van der Waals surface area contributed by atoms with Gasteiger partial charge in [0.1, 0.15) is 6.10 Å². The first-order valence-corrected chi connectivity index (χ1v) is 10.3. The summed E-state index contributed by atoms with van der Waals surface area (Å²) in [6.07, 6.45) is 3.73. The molecule has 3 aliphatic heterocycles. The van der Waals surface area contributed by atoms with Crippen LogP contribution in [0.1, 0.15) is 30.9 Å². The van der Waals surface area contributed by atoms with Gasteiger partial charge in [-0.05, 0) is 35.1 Å². The number of nitrogens with one attached hydrogen (secondary N) is 2. The first kappa shape index (κ1) is 19.0. The molecule has 28 heavy (non-hydrogen) atoms. The van der Waals surface area contributed by atoms with Gasteiger partial charge in [0.15, 0.2) is 0 Å². The number of carbonyl (C=O) groups is 2. The number of benzene rings is 1. The van der Waals surface area contributed by atoms with Gasteiger partial charge in [-0.1, -0.05) is 40.0 Å². The average molecular weight is 401 g/mol. The van der Waals surface area contributed by atoms with Crippen LogP contribution in [-0.2, 0) is 14.4 Å². The van der Waals surface area contributed by atoms with Crippen molar-refractivity contribution in [2.24, 2.45) is 5.16 Å². The molecule has 9 heteroatoms. The summed E-state index contributed by atoms with van der Waals surface area (Å²) in [7, 11) is 0. The van der Waals surface area contributed by atoms with Crippen LogP contribution in [0.3, 0.4) is 0 Å². The van der Waals surface area contributed by atoms with Crippen LogP contribution in [-0.4, -0.2) is 58.5 Å². The summed E-state index contributed by atoms with van der Waals surface area (Å²) in [5.74, 6) is 0.466. The first-order chi connectivity index (χ1) is 13.6. The Morgan fingerprint density at radius 3 is 2.79 bits per heavy atom. The lowest BCUT2D eigenvalue weighted by Crippen LogP contribution is -2.46. The maximum atomic E-state index is 11.4. The minimum atomic E-state index is -0.102. The Balaban J connectivity index is 1.33. The number of nitrogens with zero attached hydrogens (tertiary/aromatic N) is 3. The molecular weight excluding hydrogens is 378 g/mol. The zero-order valence-corrected chi connectivity index (χ0v) is 16.5. The van der Waals surface area contributed by atoms with Crippen LogP contribution in [0.2, 0.25) is 0 Å². The monoisotopic (exact) mass is 401 g/mol. The predicted octanol–water partition coefficient (Wildman–Crippen LogP) is 1.31. The molecule has 2 N–H and O–H groups in total. The molecule has 0 aromatic heterocycles. The maximum Gasteiger partial charge on any atom is 0.247 e. The van der Waals surface area contributed by atoms with Crippen LogP contribution in [0, 0.1) is 0 Å². The van der Waals surface area contributed by atoms with Crippen molar-refractivity contribution in [1.29, 1.82) is 0 Å². The zero-order valence-electron chi connectivity index (χ0n) is 15.7. The third-order valence-electron chi connectivity index (χ3n) is 4.88. The Kier molecular flexibility index (Phi) is 5.65. The molecule has 0 radical (unpaired) electrons. The van der Waals surface area contributed by atoms with Crippen LogP contribution in [0.5, 0.6) is 0 Å². The third kappa shape index (κ3) is 4.37. The molecule has 4 rings (SSSR count). The van der Waals surface area contributed by atoms with E-state index in [1.807, 2.05) is 4.52 Å². The number of oxime groups is 1. The Bertz CT molecular complexity index is 823. The van der Waals surface area contributed by atoms with Crippen molar-refractivity contribution in [3.8, 4) is 0 Å². The van der Waals surface area contributed by atoms with E-state index in [2.05, 4.69) is 51.2 Å². The fourth-order valence-electron chi connectivity index (χ4n) is 3.37. The highest BCUT2D eigenvalue weighted by atomic mass is 32.2. The quantitative estimate of drug-likeness (QED) is 0.724. The molecule has 1 aromatic rings. The molecule has 1 saturated heterocycles. The second-order valence-corrected chi connectivity index (χ2v) is 7.85. The number of hydrogen-bond donors (Lipinski definition) is 2. The van der Waals surface area contributed by atoms with Crippen LogP contribution >= 0.6 is 11.9 Å². The SMILES string of the molecule is CC(=O)NCC1CC(c2ccc(C3=CCN(N4NC(=O)CS4)CC3)cc2)=NO1. The van der Waals surface area contributed by atoms with E-state index in [1.54, 1.807) is 0 Å². The van der Waals surface area contributed by atoms with Crippen molar-refractivity contribution in [3.63, 3.8) is 0 Å². The number of hydrogen-bond acceptors (Lipinski definition) is 7. The molecule has 1 unspecified atom stereocenters. The predicted molar refractivity (Wildman–Crippen MR) is 108 cm³/mol. The summed E-state index contributed by atoms with van der Waals surface area (Å²) in [4.78, 5) is 27.8. The van der Waals surface area contributed by atoms with E-state index in [0.29, 0.717) is 18.7 Å². The average Bonchev–Trinajstić information content (AvgIpc) is 3.36. The van der Waals surface area contributed by atoms with Gasteiger partial charge in [-0.2, -0.15) is 0 Å². The van der Waals surface area contributed by atoms with Gasteiger partial charge >= 0.3 is 0 Å². The van der Waals surface area contributed by atoms with E-state index in [4.69, 9.17) is 4.84 Å². The molecule has 1 aromatic carbocycles. The van der Waals surface area contributed by atoms with Crippen LogP contribution in [0.15, 0.2) is 35.5 Å². The highest BCUT2D eigenvalue weighted by Gasteiger charge is 2.27. The van der Waals surface area contributed by atoms with E-state index in [1.165, 1.54) is 30.0 Å². The van der Waals surface area contributed by atoms with Gasteiger partial charge in [-0.15, -0.1) is 0 Å². The molecule has 148 valence electrons. The molecule has 3 aliphatic rings. The van der Waals surface area contributed by atoms with Crippen LogP contribution in [0.4, 0.5) is 0 Å². The summed E-state index contributed by atoms with van der Waals surface area (Å²) in [6, 6.07) is 8.38. The Morgan fingerprint density at radius 1 is 1.36 bits per heavy atom. The van der Waals surface area contributed by atoms with Crippen molar-refractivity contribution in [2.45, 2.75) is 25.9 Å². The first-order valence-electron chi connectivity index (χ1n) is 9.33.